The summed E-state index contributed by atoms with van der Waals surface area (Å²) in [6, 6.07) is 9.71. The van der Waals surface area contributed by atoms with Gasteiger partial charge in [0.15, 0.2) is 0 Å². The Hall–Kier alpha value is -1.28. The molecule has 0 radical (unpaired) electrons. The van der Waals surface area contributed by atoms with Crippen molar-refractivity contribution in [3.63, 3.8) is 0 Å². The van der Waals surface area contributed by atoms with Crippen molar-refractivity contribution < 1.29 is 4.74 Å². The standard InChI is InChI=1S/C10H13NO/c11-8-4-5-9-12-10-6-2-1-3-7-10/h1-7H,8-9,11H2/b5-4+. The first kappa shape index (κ1) is 8.81. The third-order valence-electron chi connectivity index (χ3n) is 1.39. The maximum atomic E-state index is 5.37. The van der Waals surface area contributed by atoms with Crippen LogP contribution >= 0.6 is 0 Å². The summed E-state index contributed by atoms with van der Waals surface area (Å²) in [5, 5.41) is 0. The fraction of sp³-hybridized carbons (Fsp3) is 0.200. The van der Waals surface area contributed by atoms with E-state index in [1.54, 1.807) is 0 Å². The van der Waals surface area contributed by atoms with E-state index in [1.807, 2.05) is 42.5 Å². The topological polar surface area (TPSA) is 35.2 Å². The average molecular weight is 163 g/mol. The first-order valence-corrected chi connectivity index (χ1v) is 3.96. The molecule has 0 amide bonds. The van der Waals surface area contributed by atoms with E-state index in [2.05, 4.69) is 0 Å². The van der Waals surface area contributed by atoms with Crippen LogP contribution in [0.3, 0.4) is 0 Å². The van der Waals surface area contributed by atoms with Crippen LogP contribution in [0.4, 0.5) is 0 Å². The van der Waals surface area contributed by atoms with E-state index in [9.17, 15) is 0 Å². The van der Waals surface area contributed by atoms with Gasteiger partial charge in [0.25, 0.3) is 0 Å². The minimum absolute atomic E-state index is 0.568. The van der Waals surface area contributed by atoms with Crippen LogP contribution in [0.15, 0.2) is 42.5 Å². The smallest absolute Gasteiger partial charge is 0.119 e. The predicted molar refractivity (Wildman–Crippen MR) is 50.1 cm³/mol. The fourth-order valence-corrected chi connectivity index (χ4v) is 0.825. The van der Waals surface area contributed by atoms with Crippen LogP contribution in [-0.4, -0.2) is 13.2 Å². The van der Waals surface area contributed by atoms with E-state index in [4.69, 9.17) is 10.5 Å². The van der Waals surface area contributed by atoms with Crippen molar-refractivity contribution in [1.82, 2.24) is 0 Å². The second kappa shape index (κ2) is 5.38. The van der Waals surface area contributed by atoms with E-state index in [0.29, 0.717) is 13.2 Å². The van der Waals surface area contributed by atoms with Crippen molar-refractivity contribution in [2.75, 3.05) is 13.2 Å². The number of hydrogen-bond acceptors (Lipinski definition) is 2. The average Bonchev–Trinajstić information content (AvgIpc) is 2.14. The van der Waals surface area contributed by atoms with Crippen molar-refractivity contribution in [2.45, 2.75) is 0 Å². The van der Waals surface area contributed by atoms with Gasteiger partial charge in [-0.3, -0.25) is 0 Å². The Balaban J connectivity index is 2.29. The number of rotatable bonds is 4. The second-order valence-corrected chi connectivity index (χ2v) is 2.33. The van der Waals surface area contributed by atoms with E-state index in [0.717, 1.165) is 5.75 Å². The minimum atomic E-state index is 0.568. The van der Waals surface area contributed by atoms with Gasteiger partial charge < -0.3 is 10.5 Å². The fourth-order valence-electron chi connectivity index (χ4n) is 0.825. The zero-order valence-electron chi connectivity index (χ0n) is 6.94. The Kier molecular flexibility index (Phi) is 3.95. The molecule has 12 heavy (non-hydrogen) atoms. The van der Waals surface area contributed by atoms with Gasteiger partial charge in [0.1, 0.15) is 12.4 Å². The lowest BCUT2D eigenvalue weighted by Crippen LogP contribution is -1.96. The maximum absolute atomic E-state index is 5.37. The molecule has 2 N–H and O–H groups in total. The van der Waals surface area contributed by atoms with Gasteiger partial charge in [0, 0.05) is 6.54 Å². The van der Waals surface area contributed by atoms with Crippen molar-refractivity contribution in [3.8, 4) is 5.75 Å². The van der Waals surface area contributed by atoms with E-state index < -0.39 is 0 Å². The van der Waals surface area contributed by atoms with Crippen molar-refractivity contribution >= 4 is 0 Å². The first-order valence-electron chi connectivity index (χ1n) is 3.96. The van der Waals surface area contributed by atoms with Gasteiger partial charge in [-0.1, -0.05) is 30.4 Å². The summed E-state index contributed by atoms with van der Waals surface area (Å²) >= 11 is 0. The molecule has 1 aromatic carbocycles. The molecule has 0 fully saturated rings. The Morgan fingerprint density at radius 3 is 2.58 bits per heavy atom. The van der Waals surface area contributed by atoms with Crippen molar-refractivity contribution in [2.24, 2.45) is 5.73 Å². The summed E-state index contributed by atoms with van der Waals surface area (Å²) in [6.07, 6.45) is 3.79. The summed E-state index contributed by atoms with van der Waals surface area (Å²) < 4.78 is 5.37. The molecule has 0 saturated heterocycles. The monoisotopic (exact) mass is 163 g/mol. The number of nitrogens with two attached hydrogens (primary N) is 1. The van der Waals surface area contributed by atoms with Gasteiger partial charge in [-0.05, 0) is 12.1 Å². The molecular weight excluding hydrogens is 150 g/mol. The molecule has 0 aliphatic heterocycles. The van der Waals surface area contributed by atoms with Crippen LogP contribution < -0.4 is 10.5 Å². The van der Waals surface area contributed by atoms with Crippen molar-refractivity contribution in [1.29, 1.82) is 0 Å². The summed E-state index contributed by atoms with van der Waals surface area (Å²) in [4.78, 5) is 0. The largest absolute Gasteiger partial charge is 0.490 e. The SMILES string of the molecule is NC/C=C/COc1ccccc1. The van der Waals surface area contributed by atoms with E-state index >= 15 is 0 Å². The van der Waals surface area contributed by atoms with Crippen LogP contribution in [0.1, 0.15) is 0 Å². The van der Waals surface area contributed by atoms with Gasteiger partial charge in [0.2, 0.25) is 0 Å². The maximum Gasteiger partial charge on any atom is 0.119 e. The molecule has 2 nitrogen and oxygen atoms in total. The lowest BCUT2D eigenvalue weighted by molar-refractivity contribution is 0.362. The zero-order valence-corrected chi connectivity index (χ0v) is 6.94. The highest BCUT2D eigenvalue weighted by Gasteiger charge is 1.85. The van der Waals surface area contributed by atoms with Crippen LogP contribution in [0.25, 0.3) is 0 Å². The summed E-state index contributed by atoms with van der Waals surface area (Å²) in [5.41, 5.74) is 5.27. The first-order chi connectivity index (χ1) is 5.93. The van der Waals surface area contributed by atoms with Crippen LogP contribution in [0, 0.1) is 0 Å². The van der Waals surface area contributed by atoms with Gasteiger partial charge in [0.05, 0.1) is 0 Å². The zero-order chi connectivity index (χ0) is 8.65. The minimum Gasteiger partial charge on any atom is -0.490 e. The van der Waals surface area contributed by atoms with E-state index in [1.165, 1.54) is 0 Å². The third-order valence-corrected chi connectivity index (χ3v) is 1.39. The normalized spacial score (nSPS) is 10.4. The Labute approximate surface area is 72.7 Å². The molecule has 1 rings (SSSR count). The van der Waals surface area contributed by atoms with Crippen LogP contribution in [0.5, 0.6) is 5.75 Å². The lowest BCUT2D eigenvalue weighted by Gasteiger charge is -2.00. The van der Waals surface area contributed by atoms with Gasteiger partial charge in [-0.25, -0.2) is 0 Å². The number of ether oxygens (including phenoxy) is 1. The second-order valence-electron chi connectivity index (χ2n) is 2.33. The van der Waals surface area contributed by atoms with Gasteiger partial charge in [-0.2, -0.15) is 0 Å². The molecule has 64 valence electrons. The van der Waals surface area contributed by atoms with Crippen LogP contribution in [-0.2, 0) is 0 Å². The molecule has 0 unspecified atom stereocenters. The molecule has 0 aliphatic carbocycles. The van der Waals surface area contributed by atoms with Gasteiger partial charge >= 0.3 is 0 Å². The molecule has 1 aromatic rings. The number of benzene rings is 1. The highest BCUT2D eigenvalue weighted by atomic mass is 16.5. The third kappa shape index (κ3) is 3.21. The number of para-hydroxylation sites is 1. The quantitative estimate of drug-likeness (QED) is 0.684. The molecule has 0 aromatic heterocycles. The van der Waals surface area contributed by atoms with Crippen molar-refractivity contribution in [3.05, 3.63) is 42.5 Å². The van der Waals surface area contributed by atoms with Crippen LogP contribution in [0.2, 0.25) is 0 Å². The summed E-state index contributed by atoms with van der Waals surface area (Å²) in [7, 11) is 0. The highest BCUT2D eigenvalue weighted by molar-refractivity contribution is 5.21. The molecule has 0 saturated carbocycles. The molecule has 0 atom stereocenters. The Bertz CT molecular complexity index is 231. The summed E-state index contributed by atoms with van der Waals surface area (Å²) in [5.74, 6) is 0.888. The molecule has 0 spiro atoms. The predicted octanol–water partition coefficient (Wildman–Crippen LogP) is 1.58. The molecule has 0 heterocycles. The number of hydrogen-bond donors (Lipinski definition) is 1. The molecule has 0 bridgehead atoms. The Morgan fingerprint density at radius 2 is 1.92 bits per heavy atom. The van der Waals surface area contributed by atoms with E-state index in [-0.39, 0.29) is 0 Å². The molecule has 2 heteroatoms. The molecular formula is C10H13NO. The highest BCUT2D eigenvalue weighted by Crippen LogP contribution is 2.07. The lowest BCUT2D eigenvalue weighted by atomic mass is 10.3. The molecule has 0 aliphatic rings. The van der Waals surface area contributed by atoms with Gasteiger partial charge in [-0.15, -0.1) is 0 Å². The summed E-state index contributed by atoms with van der Waals surface area (Å²) in [6.45, 7) is 1.15. The Morgan fingerprint density at radius 1 is 1.17 bits per heavy atom.